The molecule has 0 unspecified atom stereocenters. The second-order valence-electron chi connectivity index (χ2n) is 4.48. The summed E-state index contributed by atoms with van der Waals surface area (Å²) >= 11 is 0. The molecular weight excluding hydrogens is 270 g/mol. The first-order valence-corrected chi connectivity index (χ1v) is 6.70. The molecule has 0 saturated heterocycles. The maximum atomic E-state index is 12.2. The van der Waals surface area contributed by atoms with Gasteiger partial charge >= 0.3 is 0 Å². The molecule has 2 aromatic carbocycles. The topological polar surface area (TPSA) is 56.8 Å². The summed E-state index contributed by atoms with van der Waals surface area (Å²) in [7, 11) is 0. The monoisotopic (exact) mass is 285 g/mol. The minimum absolute atomic E-state index is 0.199. The van der Waals surface area contributed by atoms with Crippen LogP contribution in [0.25, 0.3) is 0 Å². The number of hydrogen-bond acceptors (Lipinski definition) is 4. The zero-order valence-electron chi connectivity index (χ0n) is 11.6. The number of rotatable bonds is 4. The average Bonchev–Trinajstić information content (AvgIpc) is 2.95. The molecule has 1 heterocycles. The lowest BCUT2D eigenvalue weighted by molar-refractivity contribution is 0.102. The van der Waals surface area contributed by atoms with Crippen LogP contribution in [0.1, 0.15) is 17.3 Å². The third-order valence-corrected chi connectivity index (χ3v) is 3.04. The molecule has 0 atom stereocenters. The highest BCUT2D eigenvalue weighted by atomic mass is 16.7. The van der Waals surface area contributed by atoms with E-state index >= 15 is 0 Å². The highest BCUT2D eigenvalue weighted by molar-refractivity contribution is 6.04. The standard InChI is InChI=1S/C16H15NO4/c1-2-19-13-5-3-4-11(8-13)16(18)17-12-6-7-14-15(9-12)21-10-20-14/h3-9H,2,10H2,1H3,(H,17,18). The third-order valence-electron chi connectivity index (χ3n) is 3.04. The second kappa shape index (κ2) is 5.75. The van der Waals surface area contributed by atoms with Crippen molar-refractivity contribution in [1.82, 2.24) is 0 Å². The Bertz CT molecular complexity index is 669. The predicted molar refractivity (Wildman–Crippen MR) is 78.1 cm³/mol. The number of benzene rings is 2. The van der Waals surface area contributed by atoms with Gasteiger partial charge in [0.2, 0.25) is 6.79 Å². The van der Waals surface area contributed by atoms with E-state index in [1.165, 1.54) is 0 Å². The number of carbonyl (C=O) groups is 1. The van der Waals surface area contributed by atoms with Crippen LogP contribution >= 0.6 is 0 Å². The molecule has 1 aliphatic heterocycles. The van der Waals surface area contributed by atoms with E-state index < -0.39 is 0 Å². The van der Waals surface area contributed by atoms with Crippen molar-refractivity contribution in [3.05, 3.63) is 48.0 Å². The average molecular weight is 285 g/mol. The van der Waals surface area contributed by atoms with E-state index in [9.17, 15) is 4.79 Å². The van der Waals surface area contributed by atoms with Crippen LogP contribution in [0, 0.1) is 0 Å². The van der Waals surface area contributed by atoms with E-state index in [1.54, 1.807) is 36.4 Å². The molecule has 21 heavy (non-hydrogen) atoms. The van der Waals surface area contributed by atoms with Gasteiger partial charge in [-0.25, -0.2) is 0 Å². The molecule has 0 aliphatic carbocycles. The fourth-order valence-electron chi connectivity index (χ4n) is 2.07. The highest BCUT2D eigenvalue weighted by Crippen LogP contribution is 2.34. The van der Waals surface area contributed by atoms with Crippen molar-refractivity contribution >= 4 is 11.6 Å². The Morgan fingerprint density at radius 1 is 1.19 bits per heavy atom. The molecule has 0 bridgehead atoms. The molecule has 3 rings (SSSR count). The number of ether oxygens (including phenoxy) is 3. The van der Waals surface area contributed by atoms with E-state index in [1.807, 2.05) is 13.0 Å². The molecule has 0 aromatic heterocycles. The Kier molecular flexibility index (Phi) is 3.64. The van der Waals surface area contributed by atoms with Gasteiger partial charge in [0.1, 0.15) is 5.75 Å². The lowest BCUT2D eigenvalue weighted by Crippen LogP contribution is -2.11. The molecule has 108 valence electrons. The van der Waals surface area contributed by atoms with Crippen molar-refractivity contribution in [2.45, 2.75) is 6.92 Å². The summed E-state index contributed by atoms with van der Waals surface area (Å²) in [6.45, 7) is 2.68. The number of amides is 1. The van der Waals surface area contributed by atoms with E-state index in [2.05, 4.69) is 5.32 Å². The maximum Gasteiger partial charge on any atom is 0.255 e. The van der Waals surface area contributed by atoms with Crippen LogP contribution in [-0.2, 0) is 0 Å². The largest absolute Gasteiger partial charge is 0.494 e. The highest BCUT2D eigenvalue weighted by Gasteiger charge is 2.14. The molecule has 0 radical (unpaired) electrons. The fourth-order valence-corrected chi connectivity index (χ4v) is 2.07. The SMILES string of the molecule is CCOc1cccc(C(=O)Nc2ccc3c(c2)OCO3)c1. The van der Waals surface area contributed by atoms with Crippen LogP contribution in [-0.4, -0.2) is 19.3 Å². The van der Waals surface area contributed by atoms with Crippen molar-refractivity contribution in [3.63, 3.8) is 0 Å². The Morgan fingerprint density at radius 3 is 2.90 bits per heavy atom. The molecule has 5 nitrogen and oxygen atoms in total. The first-order valence-electron chi connectivity index (χ1n) is 6.70. The van der Waals surface area contributed by atoms with Gasteiger partial charge in [0.15, 0.2) is 11.5 Å². The zero-order chi connectivity index (χ0) is 14.7. The molecule has 5 heteroatoms. The van der Waals surface area contributed by atoms with Crippen LogP contribution in [0.5, 0.6) is 17.2 Å². The summed E-state index contributed by atoms with van der Waals surface area (Å²) < 4.78 is 15.9. The normalized spacial score (nSPS) is 12.0. The van der Waals surface area contributed by atoms with Gasteiger partial charge in [0, 0.05) is 17.3 Å². The quantitative estimate of drug-likeness (QED) is 0.938. The molecule has 1 amide bonds. The molecule has 1 aliphatic rings. The van der Waals surface area contributed by atoms with Crippen molar-refractivity contribution in [1.29, 1.82) is 0 Å². The second-order valence-corrected chi connectivity index (χ2v) is 4.48. The van der Waals surface area contributed by atoms with Gasteiger partial charge in [-0.3, -0.25) is 4.79 Å². The lowest BCUT2D eigenvalue weighted by atomic mass is 10.2. The van der Waals surface area contributed by atoms with Gasteiger partial charge in [-0.2, -0.15) is 0 Å². The zero-order valence-corrected chi connectivity index (χ0v) is 11.6. The predicted octanol–water partition coefficient (Wildman–Crippen LogP) is 3.07. The van der Waals surface area contributed by atoms with Gasteiger partial charge in [-0.1, -0.05) is 6.07 Å². The minimum atomic E-state index is -0.199. The van der Waals surface area contributed by atoms with Crippen LogP contribution in [0.2, 0.25) is 0 Å². The summed E-state index contributed by atoms with van der Waals surface area (Å²) in [5, 5.41) is 2.83. The van der Waals surface area contributed by atoms with Crippen LogP contribution in [0.4, 0.5) is 5.69 Å². The van der Waals surface area contributed by atoms with Crippen molar-refractivity contribution in [2.24, 2.45) is 0 Å². The van der Waals surface area contributed by atoms with Gasteiger partial charge in [-0.15, -0.1) is 0 Å². The molecule has 0 fully saturated rings. The van der Waals surface area contributed by atoms with Crippen molar-refractivity contribution in [3.8, 4) is 17.2 Å². The summed E-state index contributed by atoms with van der Waals surface area (Å²) in [4.78, 5) is 12.2. The summed E-state index contributed by atoms with van der Waals surface area (Å²) in [6.07, 6.45) is 0. The Hall–Kier alpha value is -2.69. The Labute approximate surface area is 122 Å². The fraction of sp³-hybridized carbons (Fsp3) is 0.188. The molecule has 1 N–H and O–H groups in total. The van der Waals surface area contributed by atoms with E-state index in [0.717, 1.165) is 0 Å². The maximum absolute atomic E-state index is 12.2. The molecule has 2 aromatic rings. The van der Waals surface area contributed by atoms with Crippen LogP contribution < -0.4 is 19.5 Å². The van der Waals surface area contributed by atoms with Gasteiger partial charge in [-0.05, 0) is 37.3 Å². The van der Waals surface area contributed by atoms with Crippen molar-refractivity contribution < 1.29 is 19.0 Å². The van der Waals surface area contributed by atoms with Crippen LogP contribution in [0.3, 0.4) is 0 Å². The van der Waals surface area contributed by atoms with Crippen molar-refractivity contribution in [2.75, 3.05) is 18.7 Å². The summed E-state index contributed by atoms with van der Waals surface area (Å²) in [5.74, 6) is 1.80. The summed E-state index contributed by atoms with van der Waals surface area (Å²) in [6, 6.07) is 12.4. The van der Waals surface area contributed by atoms with E-state index in [0.29, 0.717) is 35.1 Å². The molecular formula is C16H15NO4. The van der Waals surface area contributed by atoms with E-state index in [4.69, 9.17) is 14.2 Å². The number of fused-ring (bicyclic) bond motifs is 1. The van der Waals surface area contributed by atoms with Gasteiger partial charge in [0.05, 0.1) is 6.61 Å². The molecule has 0 saturated carbocycles. The number of carbonyl (C=O) groups excluding carboxylic acids is 1. The Balaban J connectivity index is 1.75. The first-order chi connectivity index (χ1) is 10.3. The number of hydrogen-bond donors (Lipinski definition) is 1. The Morgan fingerprint density at radius 2 is 2.05 bits per heavy atom. The first kappa shape index (κ1) is 13.3. The van der Waals surface area contributed by atoms with Crippen LogP contribution in [0.15, 0.2) is 42.5 Å². The summed E-state index contributed by atoms with van der Waals surface area (Å²) in [5.41, 5.74) is 1.20. The van der Waals surface area contributed by atoms with Gasteiger partial charge < -0.3 is 19.5 Å². The van der Waals surface area contributed by atoms with Gasteiger partial charge in [0.25, 0.3) is 5.91 Å². The molecule has 0 spiro atoms. The third kappa shape index (κ3) is 2.91. The lowest BCUT2D eigenvalue weighted by Gasteiger charge is -2.08. The van der Waals surface area contributed by atoms with E-state index in [-0.39, 0.29) is 12.7 Å². The minimum Gasteiger partial charge on any atom is -0.494 e. The number of nitrogens with one attached hydrogen (secondary N) is 1. The number of anilines is 1. The smallest absolute Gasteiger partial charge is 0.255 e.